The minimum Gasteiger partial charge on any atom is -0.397 e. The highest BCUT2D eigenvalue weighted by Crippen LogP contribution is 2.45. The van der Waals surface area contributed by atoms with E-state index < -0.39 is 0 Å². The lowest BCUT2D eigenvalue weighted by atomic mass is 9.87. The van der Waals surface area contributed by atoms with E-state index in [1.807, 2.05) is 12.1 Å². The topological polar surface area (TPSA) is 91.8 Å². The van der Waals surface area contributed by atoms with E-state index in [1.165, 1.54) is 33.8 Å². The lowest BCUT2D eigenvalue weighted by molar-refractivity contribution is 0.103. The fraction of sp³-hybridized carbons (Fsp3) is 0.269. The van der Waals surface area contributed by atoms with Gasteiger partial charge in [-0.15, -0.1) is 22.7 Å². The molecule has 0 radical (unpaired) electrons. The van der Waals surface area contributed by atoms with Crippen molar-refractivity contribution in [2.24, 2.45) is 5.92 Å². The van der Waals surface area contributed by atoms with Gasteiger partial charge in [0, 0.05) is 16.0 Å². The van der Waals surface area contributed by atoms with Crippen molar-refractivity contribution in [2.45, 2.75) is 39.0 Å². The average Bonchev–Trinajstić information content (AvgIpc) is 3.34. The molecule has 1 atom stereocenters. The Morgan fingerprint density at radius 2 is 2.06 bits per heavy atom. The Kier molecular flexibility index (Phi) is 4.75. The van der Waals surface area contributed by atoms with Crippen LogP contribution in [0.3, 0.4) is 0 Å². The number of carbonyl (C=O) groups is 1. The number of nitrogens with zero attached hydrogens (tertiary/aromatic N) is 2. The van der Waals surface area contributed by atoms with E-state index in [1.54, 1.807) is 0 Å². The Morgan fingerprint density at radius 1 is 1.21 bits per heavy atom. The number of nitrogens with one attached hydrogen (secondary N) is 1. The Bertz CT molecular complexity index is 1490. The Morgan fingerprint density at radius 3 is 2.91 bits per heavy atom. The molecule has 1 amide bonds. The van der Waals surface area contributed by atoms with Crippen molar-refractivity contribution in [3.05, 3.63) is 63.2 Å². The first kappa shape index (κ1) is 20.4. The fourth-order valence-electron chi connectivity index (χ4n) is 5.05. The molecule has 0 fully saturated rings. The van der Waals surface area contributed by atoms with E-state index in [-0.39, 0.29) is 5.91 Å². The maximum absolute atomic E-state index is 13.3. The Hall–Kier alpha value is -3.21. The van der Waals surface area contributed by atoms with E-state index >= 15 is 0 Å². The molecule has 2 aliphatic carbocycles. The van der Waals surface area contributed by atoms with Crippen molar-refractivity contribution in [2.75, 3.05) is 11.1 Å². The third-order valence-electron chi connectivity index (χ3n) is 6.79. The molecule has 4 aromatic rings. The summed E-state index contributed by atoms with van der Waals surface area (Å²) in [6.45, 7) is 2.26. The summed E-state index contributed by atoms with van der Waals surface area (Å²) in [5.41, 5.74) is 13.3. The summed E-state index contributed by atoms with van der Waals surface area (Å²) in [5.74, 6) is 0.365. The third kappa shape index (κ3) is 3.25. The van der Waals surface area contributed by atoms with E-state index in [0.717, 1.165) is 64.0 Å². The van der Waals surface area contributed by atoms with Crippen molar-refractivity contribution in [1.82, 2.24) is 4.98 Å². The predicted octanol–water partition coefficient (Wildman–Crippen LogP) is 5.95. The van der Waals surface area contributed by atoms with Gasteiger partial charge >= 0.3 is 0 Å². The van der Waals surface area contributed by atoms with Crippen LogP contribution >= 0.6 is 22.7 Å². The van der Waals surface area contributed by atoms with Crippen molar-refractivity contribution in [3.8, 4) is 16.5 Å². The summed E-state index contributed by atoms with van der Waals surface area (Å²) < 4.78 is 0. The van der Waals surface area contributed by atoms with Gasteiger partial charge in [-0.1, -0.05) is 31.2 Å². The number of hydrogen-bond donors (Lipinski definition) is 2. The molecule has 7 heteroatoms. The summed E-state index contributed by atoms with van der Waals surface area (Å²) in [5, 5.41) is 14.3. The minimum atomic E-state index is -0.273. The number of nitriles is 1. The number of aromatic nitrogens is 1. The van der Waals surface area contributed by atoms with Crippen molar-refractivity contribution >= 4 is 49.5 Å². The van der Waals surface area contributed by atoms with Gasteiger partial charge in [0.1, 0.15) is 20.8 Å². The normalized spacial score (nSPS) is 16.5. The molecule has 3 heterocycles. The molecule has 0 aliphatic heterocycles. The Balaban J connectivity index is 1.37. The maximum atomic E-state index is 13.3. The van der Waals surface area contributed by atoms with Gasteiger partial charge in [-0.3, -0.25) is 4.79 Å². The van der Waals surface area contributed by atoms with E-state index in [0.29, 0.717) is 27.0 Å². The average molecular weight is 471 g/mol. The van der Waals surface area contributed by atoms with Crippen LogP contribution in [0, 0.1) is 17.2 Å². The van der Waals surface area contributed by atoms with Crippen LogP contribution in [-0.4, -0.2) is 10.9 Å². The van der Waals surface area contributed by atoms with Crippen LogP contribution in [0.15, 0.2) is 30.3 Å². The highest BCUT2D eigenvalue weighted by Gasteiger charge is 2.27. The smallest absolute Gasteiger partial charge is 0.268 e. The van der Waals surface area contributed by atoms with Crippen LogP contribution in [0.4, 0.5) is 10.7 Å². The van der Waals surface area contributed by atoms with E-state index in [4.69, 9.17) is 10.7 Å². The molecule has 33 heavy (non-hydrogen) atoms. The van der Waals surface area contributed by atoms with E-state index in [9.17, 15) is 10.1 Å². The molecular weight excluding hydrogens is 448 g/mol. The largest absolute Gasteiger partial charge is 0.397 e. The SMILES string of the molecule is CC1CCc2nc3sc(C(=O)Nc4sc5c(c4C#N)CCc4ccccc4-5)c(N)c3cc2C1. The highest BCUT2D eigenvalue weighted by atomic mass is 32.1. The van der Waals surface area contributed by atoms with Gasteiger partial charge in [0.15, 0.2) is 0 Å². The van der Waals surface area contributed by atoms with Gasteiger partial charge in [-0.25, -0.2) is 4.98 Å². The highest BCUT2D eigenvalue weighted by molar-refractivity contribution is 7.22. The van der Waals surface area contributed by atoms with Gasteiger partial charge < -0.3 is 11.1 Å². The fourth-order valence-corrected chi connectivity index (χ4v) is 7.29. The summed E-state index contributed by atoms with van der Waals surface area (Å²) in [6.07, 6.45) is 4.83. The number of carbonyl (C=O) groups excluding carboxylic acids is 1. The number of fused-ring (bicyclic) bond motifs is 5. The second-order valence-electron chi connectivity index (χ2n) is 8.98. The molecule has 3 N–H and O–H groups in total. The monoisotopic (exact) mass is 470 g/mol. The van der Waals surface area contributed by atoms with Gasteiger partial charge in [-0.2, -0.15) is 5.26 Å². The zero-order chi connectivity index (χ0) is 22.7. The second-order valence-corrected chi connectivity index (χ2v) is 11.0. The number of amides is 1. The molecule has 5 nitrogen and oxygen atoms in total. The molecule has 6 rings (SSSR count). The molecule has 0 spiro atoms. The zero-order valence-corrected chi connectivity index (χ0v) is 19.8. The molecule has 2 aliphatic rings. The number of anilines is 2. The summed E-state index contributed by atoms with van der Waals surface area (Å²) in [6, 6.07) is 12.7. The molecule has 0 saturated carbocycles. The quantitative estimate of drug-likeness (QED) is 0.378. The van der Waals surface area contributed by atoms with Crippen LogP contribution in [0.25, 0.3) is 20.7 Å². The molecule has 3 aromatic heterocycles. The molecular formula is C26H22N4OS2. The number of benzene rings is 1. The number of pyridine rings is 1. The first-order chi connectivity index (χ1) is 16.0. The van der Waals surface area contributed by atoms with Crippen molar-refractivity contribution < 1.29 is 4.79 Å². The van der Waals surface area contributed by atoms with Crippen LogP contribution < -0.4 is 11.1 Å². The lowest BCUT2D eigenvalue weighted by Gasteiger charge is -2.20. The van der Waals surface area contributed by atoms with Gasteiger partial charge in [0.05, 0.1) is 11.3 Å². The molecule has 164 valence electrons. The van der Waals surface area contributed by atoms with Gasteiger partial charge in [0.25, 0.3) is 5.91 Å². The second kappa shape index (κ2) is 7.68. The van der Waals surface area contributed by atoms with Gasteiger partial charge in [0.2, 0.25) is 0 Å². The number of nitrogen functional groups attached to an aromatic ring is 1. The molecule has 0 saturated heterocycles. The maximum Gasteiger partial charge on any atom is 0.268 e. The van der Waals surface area contributed by atoms with Crippen LogP contribution in [0.1, 0.15) is 51.0 Å². The molecule has 1 aromatic carbocycles. The number of aryl methyl sites for hydroxylation is 2. The van der Waals surface area contributed by atoms with Gasteiger partial charge in [-0.05, 0) is 66.3 Å². The summed E-state index contributed by atoms with van der Waals surface area (Å²) in [7, 11) is 0. The van der Waals surface area contributed by atoms with Crippen molar-refractivity contribution in [3.63, 3.8) is 0 Å². The van der Waals surface area contributed by atoms with Crippen LogP contribution in [0.2, 0.25) is 0 Å². The number of nitrogens with two attached hydrogens (primary N) is 1. The molecule has 1 unspecified atom stereocenters. The summed E-state index contributed by atoms with van der Waals surface area (Å²) in [4.78, 5) is 20.5. The van der Waals surface area contributed by atoms with E-state index in [2.05, 4.69) is 36.5 Å². The first-order valence-electron chi connectivity index (χ1n) is 11.2. The molecule has 0 bridgehead atoms. The summed E-state index contributed by atoms with van der Waals surface area (Å²) >= 11 is 2.81. The number of rotatable bonds is 2. The first-order valence-corrected chi connectivity index (χ1v) is 12.8. The van der Waals surface area contributed by atoms with Crippen LogP contribution in [-0.2, 0) is 25.7 Å². The number of thiophene rings is 2. The number of hydrogen-bond acceptors (Lipinski definition) is 6. The van der Waals surface area contributed by atoms with Crippen LogP contribution in [0.5, 0.6) is 0 Å². The minimum absolute atomic E-state index is 0.273. The predicted molar refractivity (Wildman–Crippen MR) is 135 cm³/mol. The standard InChI is InChI=1S/C26H22N4OS2/c1-13-6-9-20-15(10-13)11-18-21(28)23(33-25(18)29-20)24(31)30-26-19(12-27)17-8-7-14-4-2-3-5-16(14)22(17)32-26/h2-5,11,13H,6-10,28H2,1H3,(H,30,31). The Labute approximate surface area is 199 Å². The van der Waals surface area contributed by atoms with Crippen molar-refractivity contribution in [1.29, 1.82) is 5.26 Å². The zero-order valence-electron chi connectivity index (χ0n) is 18.2. The lowest BCUT2D eigenvalue weighted by Crippen LogP contribution is -2.13. The third-order valence-corrected chi connectivity index (χ3v) is 9.09.